The van der Waals surface area contributed by atoms with Gasteiger partial charge in [0, 0.05) is 36.5 Å². The molecule has 8 nitrogen and oxygen atoms in total. The van der Waals surface area contributed by atoms with Crippen LogP contribution >= 0.6 is 22.9 Å². The summed E-state index contributed by atoms with van der Waals surface area (Å²) in [6.07, 6.45) is 7.91. The first-order chi connectivity index (χ1) is 21.6. The van der Waals surface area contributed by atoms with Crippen molar-refractivity contribution < 1.29 is 19.1 Å². The smallest absolute Gasteiger partial charge is 0.226 e. The van der Waals surface area contributed by atoms with Crippen LogP contribution in [0.15, 0.2) is 48.9 Å². The number of allylic oxidation sites excluding steroid dienone is 1. The van der Waals surface area contributed by atoms with E-state index in [0.717, 1.165) is 41.8 Å². The molecule has 0 bridgehead atoms. The van der Waals surface area contributed by atoms with E-state index in [2.05, 4.69) is 32.3 Å². The summed E-state index contributed by atoms with van der Waals surface area (Å²) in [5.41, 5.74) is 2.19. The van der Waals surface area contributed by atoms with Crippen molar-refractivity contribution in [3.63, 3.8) is 0 Å². The number of carbonyl (C=O) groups is 2. The number of fused-ring (bicyclic) bond motifs is 1. The molecule has 5 atom stereocenters. The second-order valence-corrected chi connectivity index (χ2v) is 13.7. The van der Waals surface area contributed by atoms with Crippen LogP contribution in [0.5, 0.6) is 11.5 Å². The largest absolute Gasteiger partial charge is 0.495 e. The van der Waals surface area contributed by atoms with Gasteiger partial charge >= 0.3 is 0 Å². The first kappa shape index (κ1) is 32.9. The summed E-state index contributed by atoms with van der Waals surface area (Å²) in [4.78, 5) is 38.8. The number of thiazole rings is 1. The van der Waals surface area contributed by atoms with Crippen molar-refractivity contribution in [2.75, 3.05) is 20.7 Å². The molecular weight excluding hydrogens is 608 g/mol. The van der Waals surface area contributed by atoms with Crippen LogP contribution in [0.4, 0.5) is 0 Å². The summed E-state index contributed by atoms with van der Waals surface area (Å²) in [6, 6.07) is 5.65. The standard InChI is InChI=1S/C35H43ClN4O4S/c1-7-9-10-11-14-40(5)35(42)25-17-22(16-24(25)33(41)38-26-15-21(26)8-2)44-30-18-27(34-39-28(19-45-34)20(3)4)37-32-23(30)12-13-29(43-6)31(32)36/h7-8,12-13,18-22,24-26H,1-2,9-11,14-17H2,3-6H3,(H,38,41)/t21-,22-,24-,25-,26-/m1/s1. The molecule has 0 spiro atoms. The lowest BCUT2D eigenvalue weighted by molar-refractivity contribution is -0.139. The molecule has 2 aliphatic rings. The number of benzene rings is 1. The van der Waals surface area contributed by atoms with Crippen molar-refractivity contribution in [3.05, 3.63) is 59.6 Å². The molecule has 1 aromatic carbocycles. The first-order valence-electron chi connectivity index (χ1n) is 15.7. The van der Waals surface area contributed by atoms with Gasteiger partial charge in [-0.05, 0) is 62.5 Å². The Morgan fingerprint density at radius 2 is 1.93 bits per heavy atom. The average Bonchev–Trinajstić information content (AvgIpc) is 3.38. The van der Waals surface area contributed by atoms with Gasteiger partial charge in [-0.2, -0.15) is 0 Å². The van der Waals surface area contributed by atoms with Crippen molar-refractivity contribution >= 4 is 45.7 Å². The SMILES string of the molecule is C=CCCCCN(C)C(=O)[C@@H]1C[C@H](Oc2cc(-c3nc(C(C)C)cs3)nc3c(Cl)c(OC)ccc23)C[C@H]1C(=O)N[C@@H]1C[C@H]1C=C. The van der Waals surface area contributed by atoms with Crippen molar-refractivity contribution in [1.29, 1.82) is 0 Å². The molecule has 2 aliphatic carbocycles. The lowest BCUT2D eigenvalue weighted by Crippen LogP contribution is -2.41. The number of amides is 2. The normalized spacial score (nSPS) is 22.3. The predicted molar refractivity (Wildman–Crippen MR) is 181 cm³/mol. The van der Waals surface area contributed by atoms with Gasteiger partial charge in [0.25, 0.3) is 0 Å². The highest BCUT2D eigenvalue weighted by atomic mass is 35.5. The van der Waals surface area contributed by atoms with Gasteiger partial charge in [0.05, 0.1) is 30.2 Å². The maximum atomic E-state index is 13.8. The molecule has 1 N–H and O–H groups in total. The number of carbonyl (C=O) groups excluding carboxylic acids is 2. The summed E-state index contributed by atoms with van der Waals surface area (Å²) in [5, 5.41) is 7.08. The van der Waals surface area contributed by atoms with Gasteiger partial charge in [-0.1, -0.05) is 37.6 Å². The molecule has 0 saturated heterocycles. The van der Waals surface area contributed by atoms with Crippen LogP contribution in [0.25, 0.3) is 21.6 Å². The number of rotatable bonds is 14. The highest BCUT2D eigenvalue weighted by Gasteiger charge is 2.47. The number of hydrogen-bond acceptors (Lipinski definition) is 7. The van der Waals surface area contributed by atoms with E-state index in [1.165, 1.54) is 11.3 Å². The van der Waals surface area contributed by atoms with Gasteiger partial charge in [0.15, 0.2) is 0 Å². The van der Waals surface area contributed by atoms with Crippen LogP contribution < -0.4 is 14.8 Å². The lowest BCUT2D eigenvalue weighted by atomic mass is 9.93. The number of nitrogens with one attached hydrogen (secondary N) is 1. The van der Waals surface area contributed by atoms with Crippen LogP contribution in [0.2, 0.25) is 5.02 Å². The Morgan fingerprint density at radius 3 is 2.60 bits per heavy atom. The van der Waals surface area contributed by atoms with Crippen molar-refractivity contribution in [2.45, 2.75) is 70.4 Å². The van der Waals surface area contributed by atoms with Crippen LogP contribution in [0, 0.1) is 17.8 Å². The Labute approximate surface area is 274 Å². The van der Waals surface area contributed by atoms with E-state index in [-0.39, 0.29) is 35.8 Å². The number of ether oxygens (including phenoxy) is 2. The van der Waals surface area contributed by atoms with E-state index in [9.17, 15) is 9.59 Å². The van der Waals surface area contributed by atoms with Gasteiger partial charge in [0.1, 0.15) is 33.3 Å². The summed E-state index contributed by atoms with van der Waals surface area (Å²) in [5.74, 6) is 0.581. The van der Waals surface area contributed by atoms with Gasteiger partial charge in [-0.3, -0.25) is 9.59 Å². The number of hydrogen-bond donors (Lipinski definition) is 1. The monoisotopic (exact) mass is 650 g/mol. The molecule has 0 aliphatic heterocycles. The predicted octanol–water partition coefficient (Wildman–Crippen LogP) is 7.42. The molecule has 2 aromatic heterocycles. The van der Waals surface area contributed by atoms with E-state index in [0.29, 0.717) is 47.1 Å². The molecular formula is C35H43ClN4O4S. The average molecular weight is 651 g/mol. The van der Waals surface area contributed by atoms with Gasteiger partial charge in [-0.25, -0.2) is 9.97 Å². The quantitative estimate of drug-likeness (QED) is 0.144. The van der Waals surface area contributed by atoms with Crippen molar-refractivity contribution in [2.24, 2.45) is 17.8 Å². The van der Waals surface area contributed by atoms with E-state index in [1.807, 2.05) is 36.7 Å². The summed E-state index contributed by atoms with van der Waals surface area (Å²) < 4.78 is 12.2. The molecule has 0 unspecified atom stereocenters. The van der Waals surface area contributed by atoms with Gasteiger partial charge < -0.3 is 19.7 Å². The maximum absolute atomic E-state index is 13.8. The van der Waals surface area contributed by atoms with Crippen LogP contribution in [0.1, 0.15) is 64.0 Å². The lowest BCUT2D eigenvalue weighted by Gasteiger charge is -2.24. The maximum Gasteiger partial charge on any atom is 0.226 e. The number of pyridine rings is 1. The zero-order valence-electron chi connectivity index (χ0n) is 26.6. The fourth-order valence-corrected chi connectivity index (χ4v) is 7.26. The fraction of sp³-hybridized carbons (Fsp3) is 0.486. The molecule has 5 rings (SSSR count). The minimum absolute atomic E-state index is 0.0204. The van der Waals surface area contributed by atoms with Gasteiger partial charge in [-0.15, -0.1) is 24.5 Å². The topological polar surface area (TPSA) is 93.7 Å². The van der Waals surface area contributed by atoms with E-state index in [1.54, 1.807) is 18.1 Å². The Morgan fingerprint density at radius 1 is 1.16 bits per heavy atom. The number of nitrogens with zero attached hydrogens (tertiary/aromatic N) is 3. The van der Waals surface area contributed by atoms with E-state index in [4.69, 9.17) is 31.0 Å². The molecule has 2 heterocycles. The molecule has 240 valence electrons. The summed E-state index contributed by atoms with van der Waals surface area (Å²) in [6.45, 7) is 12.5. The van der Waals surface area contributed by atoms with Crippen LogP contribution in [-0.2, 0) is 9.59 Å². The Hall–Kier alpha value is -3.43. The summed E-state index contributed by atoms with van der Waals surface area (Å²) in [7, 11) is 3.39. The minimum atomic E-state index is -0.493. The third-order valence-corrected chi connectivity index (χ3v) is 10.1. The van der Waals surface area contributed by atoms with Gasteiger partial charge in [0.2, 0.25) is 11.8 Å². The zero-order valence-corrected chi connectivity index (χ0v) is 28.1. The second kappa shape index (κ2) is 14.3. The first-order valence-corrected chi connectivity index (χ1v) is 17.0. The molecule has 2 amide bonds. The van der Waals surface area contributed by atoms with Crippen molar-refractivity contribution in [1.82, 2.24) is 20.2 Å². The zero-order chi connectivity index (χ0) is 32.2. The summed E-state index contributed by atoms with van der Waals surface area (Å²) >= 11 is 8.30. The third-order valence-electron chi connectivity index (χ3n) is 8.86. The molecule has 2 saturated carbocycles. The highest BCUT2D eigenvalue weighted by Crippen LogP contribution is 2.42. The highest BCUT2D eigenvalue weighted by molar-refractivity contribution is 7.13. The fourth-order valence-electron chi connectivity index (χ4n) is 6.03. The third kappa shape index (κ3) is 7.36. The number of methoxy groups -OCH3 is 1. The number of aromatic nitrogens is 2. The van der Waals surface area contributed by atoms with Crippen LogP contribution in [-0.4, -0.2) is 59.5 Å². The number of unbranched alkanes of at least 4 members (excludes halogenated alkanes) is 2. The Kier molecular flexibility index (Phi) is 10.5. The molecule has 45 heavy (non-hydrogen) atoms. The van der Waals surface area contributed by atoms with Crippen LogP contribution in [0.3, 0.4) is 0 Å². The minimum Gasteiger partial charge on any atom is -0.495 e. The molecule has 10 heteroatoms. The molecule has 3 aromatic rings. The van der Waals surface area contributed by atoms with E-state index < -0.39 is 11.8 Å². The van der Waals surface area contributed by atoms with E-state index >= 15 is 0 Å². The Bertz CT molecular complexity index is 1570. The number of halogens is 1. The molecule has 2 fully saturated rings. The second-order valence-electron chi connectivity index (χ2n) is 12.4. The van der Waals surface area contributed by atoms with Crippen molar-refractivity contribution in [3.8, 4) is 22.2 Å². The molecule has 0 radical (unpaired) electrons. The Balaban J connectivity index is 1.44.